The number of carbonyl (C=O) groups excluding carboxylic acids is 2. The molecule has 1 unspecified atom stereocenters. The average molecular weight is 366 g/mol. The number of tetrazole rings is 1. The fraction of sp³-hybridized carbons (Fsp3) is 0.167. The van der Waals surface area contributed by atoms with Crippen LogP contribution < -0.4 is 5.32 Å². The number of benzene rings is 2. The molecule has 0 saturated carbocycles. The van der Waals surface area contributed by atoms with Crippen molar-refractivity contribution in [2.45, 2.75) is 6.04 Å². The number of nitrogens with zero attached hydrogens (tertiary/aromatic N) is 5. The molecule has 2 aromatic carbocycles. The van der Waals surface area contributed by atoms with Gasteiger partial charge in [0.25, 0.3) is 5.91 Å². The number of halogens is 1. The van der Waals surface area contributed by atoms with Crippen molar-refractivity contribution in [3.8, 4) is 5.69 Å². The summed E-state index contributed by atoms with van der Waals surface area (Å²) in [5.41, 5.74) is 1.26. The third-order valence-electron chi connectivity index (χ3n) is 4.40. The Kier molecular flexibility index (Phi) is 4.33. The van der Waals surface area contributed by atoms with Crippen LogP contribution in [0.5, 0.6) is 0 Å². The van der Waals surface area contributed by atoms with Gasteiger partial charge in [-0.05, 0) is 40.8 Å². The van der Waals surface area contributed by atoms with E-state index >= 15 is 0 Å². The highest BCUT2D eigenvalue weighted by Crippen LogP contribution is 2.27. The van der Waals surface area contributed by atoms with E-state index in [9.17, 15) is 14.0 Å². The lowest BCUT2D eigenvalue weighted by molar-refractivity contribution is -0.128. The van der Waals surface area contributed by atoms with E-state index in [1.165, 1.54) is 28.0 Å². The summed E-state index contributed by atoms with van der Waals surface area (Å²) in [6.45, 7) is 0.608. The molecule has 2 heterocycles. The van der Waals surface area contributed by atoms with E-state index in [4.69, 9.17) is 0 Å². The number of rotatable bonds is 3. The summed E-state index contributed by atoms with van der Waals surface area (Å²) in [4.78, 5) is 26.8. The third kappa shape index (κ3) is 3.14. The van der Waals surface area contributed by atoms with Gasteiger partial charge in [0.1, 0.15) is 18.2 Å². The maximum Gasteiger partial charge on any atom is 0.254 e. The third-order valence-corrected chi connectivity index (χ3v) is 4.40. The molecule has 1 aromatic heterocycles. The van der Waals surface area contributed by atoms with Crippen molar-refractivity contribution < 1.29 is 14.0 Å². The van der Waals surface area contributed by atoms with Gasteiger partial charge < -0.3 is 10.2 Å². The normalized spacial score (nSPS) is 16.9. The average Bonchev–Trinajstić information content (AvgIpc) is 3.23. The van der Waals surface area contributed by atoms with Crippen LogP contribution in [0.3, 0.4) is 0 Å². The Morgan fingerprint density at radius 2 is 1.93 bits per heavy atom. The van der Waals surface area contributed by atoms with Crippen LogP contribution in [0, 0.1) is 5.82 Å². The molecule has 136 valence electrons. The highest BCUT2D eigenvalue weighted by molar-refractivity contribution is 5.98. The first-order chi connectivity index (χ1) is 13.1. The summed E-state index contributed by atoms with van der Waals surface area (Å²) < 4.78 is 15.7. The lowest BCUT2D eigenvalue weighted by Gasteiger charge is -2.35. The molecule has 1 aliphatic heterocycles. The van der Waals surface area contributed by atoms with E-state index in [0.717, 1.165) is 0 Å². The molecule has 1 aliphatic rings. The van der Waals surface area contributed by atoms with Gasteiger partial charge in [-0.15, -0.1) is 5.10 Å². The highest BCUT2D eigenvalue weighted by atomic mass is 19.1. The zero-order chi connectivity index (χ0) is 18.8. The number of hydrogen-bond donors (Lipinski definition) is 1. The summed E-state index contributed by atoms with van der Waals surface area (Å²) >= 11 is 0. The molecular formula is C18H15FN6O2. The van der Waals surface area contributed by atoms with Gasteiger partial charge in [-0.25, -0.2) is 9.07 Å². The van der Waals surface area contributed by atoms with E-state index in [1.807, 2.05) is 0 Å². The Bertz CT molecular complexity index is 974. The van der Waals surface area contributed by atoms with Crippen molar-refractivity contribution in [1.29, 1.82) is 0 Å². The Morgan fingerprint density at radius 3 is 2.63 bits per heavy atom. The summed E-state index contributed by atoms with van der Waals surface area (Å²) in [6, 6.07) is 11.6. The predicted molar refractivity (Wildman–Crippen MR) is 92.3 cm³/mol. The molecule has 0 aliphatic carbocycles. The topological polar surface area (TPSA) is 93.0 Å². The van der Waals surface area contributed by atoms with Gasteiger partial charge in [-0.1, -0.05) is 18.2 Å². The summed E-state index contributed by atoms with van der Waals surface area (Å²) in [7, 11) is 0. The largest absolute Gasteiger partial charge is 0.352 e. The molecule has 1 saturated heterocycles. The second-order valence-electron chi connectivity index (χ2n) is 6.01. The Labute approximate surface area is 153 Å². The summed E-state index contributed by atoms with van der Waals surface area (Å²) in [6.07, 6.45) is 1.44. The van der Waals surface area contributed by atoms with Gasteiger partial charge >= 0.3 is 0 Å². The fourth-order valence-corrected chi connectivity index (χ4v) is 3.09. The standard InChI is InChI=1S/C18H15FN6O2/c19-15-4-2-1-3-14(15)16-17(26)20-9-10-24(16)18(27)12-5-7-13(8-6-12)25-11-21-22-23-25/h1-8,11,16H,9-10H2,(H,20,26). The molecule has 3 aromatic rings. The quantitative estimate of drug-likeness (QED) is 0.750. The molecule has 0 bridgehead atoms. The van der Waals surface area contributed by atoms with Crippen molar-refractivity contribution in [2.75, 3.05) is 13.1 Å². The molecule has 2 amide bonds. The van der Waals surface area contributed by atoms with Gasteiger partial charge in [0.05, 0.1) is 5.69 Å². The van der Waals surface area contributed by atoms with Crippen molar-refractivity contribution in [2.24, 2.45) is 0 Å². The molecule has 1 atom stereocenters. The minimum absolute atomic E-state index is 0.174. The first kappa shape index (κ1) is 16.8. The van der Waals surface area contributed by atoms with Crippen LogP contribution in [0.4, 0.5) is 4.39 Å². The van der Waals surface area contributed by atoms with Crippen LogP contribution in [-0.4, -0.2) is 50.0 Å². The Hall–Kier alpha value is -3.62. The molecule has 8 nitrogen and oxygen atoms in total. The number of amides is 2. The molecule has 1 fully saturated rings. The van der Waals surface area contributed by atoms with Crippen molar-refractivity contribution in [3.05, 3.63) is 71.8 Å². The minimum Gasteiger partial charge on any atom is -0.352 e. The van der Waals surface area contributed by atoms with Crippen LogP contribution >= 0.6 is 0 Å². The Balaban J connectivity index is 1.64. The second-order valence-corrected chi connectivity index (χ2v) is 6.01. The molecule has 4 rings (SSSR count). The molecule has 0 radical (unpaired) electrons. The predicted octanol–water partition coefficient (Wildman–Crippen LogP) is 1.11. The summed E-state index contributed by atoms with van der Waals surface area (Å²) in [5.74, 6) is -1.27. The molecule has 27 heavy (non-hydrogen) atoms. The Morgan fingerprint density at radius 1 is 1.15 bits per heavy atom. The number of carbonyl (C=O) groups is 2. The monoisotopic (exact) mass is 366 g/mol. The van der Waals surface area contributed by atoms with Crippen LogP contribution in [-0.2, 0) is 4.79 Å². The highest BCUT2D eigenvalue weighted by Gasteiger charge is 2.36. The molecule has 1 N–H and O–H groups in total. The van der Waals surface area contributed by atoms with Crippen LogP contribution in [0.25, 0.3) is 5.69 Å². The van der Waals surface area contributed by atoms with Gasteiger partial charge in [0, 0.05) is 24.2 Å². The minimum atomic E-state index is -1.01. The SMILES string of the molecule is O=C1NCCN(C(=O)c2ccc(-n3cnnn3)cc2)C1c1ccccc1F. The van der Waals surface area contributed by atoms with Gasteiger partial charge in [-0.3, -0.25) is 9.59 Å². The lowest BCUT2D eigenvalue weighted by Crippen LogP contribution is -2.52. The maximum atomic E-state index is 14.3. The smallest absolute Gasteiger partial charge is 0.254 e. The first-order valence-corrected chi connectivity index (χ1v) is 8.31. The zero-order valence-corrected chi connectivity index (χ0v) is 14.1. The van der Waals surface area contributed by atoms with Crippen LogP contribution in [0.15, 0.2) is 54.9 Å². The zero-order valence-electron chi connectivity index (χ0n) is 14.1. The van der Waals surface area contributed by atoms with Gasteiger partial charge in [0.15, 0.2) is 0 Å². The van der Waals surface area contributed by atoms with E-state index in [0.29, 0.717) is 24.3 Å². The van der Waals surface area contributed by atoms with Gasteiger partial charge in [0.2, 0.25) is 5.91 Å². The molecule has 9 heteroatoms. The van der Waals surface area contributed by atoms with E-state index < -0.39 is 17.8 Å². The first-order valence-electron chi connectivity index (χ1n) is 8.31. The van der Waals surface area contributed by atoms with Gasteiger partial charge in [-0.2, -0.15) is 0 Å². The number of aromatic nitrogens is 4. The second kappa shape index (κ2) is 6.94. The number of hydrogen-bond acceptors (Lipinski definition) is 5. The number of nitrogens with one attached hydrogen (secondary N) is 1. The van der Waals surface area contributed by atoms with E-state index in [-0.39, 0.29) is 11.5 Å². The number of piperazine rings is 1. The molecule has 0 spiro atoms. The van der Waals surface area contributed by atoms with Crippen molar-refractivity contribution in [1.82, 2.24) is 30.4 Å². The van der Waals surface area contributed by atoms with Crippen LogP contribution in [0.1, 0.15) is 22.0 Å². The maximum absolute atomic E-state index is 14.3. The van der Waals surface area contributed by atoms with Crippen LogP contribution in [0.2, 0.25) is 0 Å². The fourth-order valence-electron chi connectivity index (χ4n) is 3.09. The van der Waals surface area contributed by atoms with E-state index in [1.54, 1.807) is 36.4 Å². The molecular weight excluding hydrogens is 351 g/mol. The van der Waals surface area contributed by atoms with Crippen molar-refractivity contribution >= 4 is 11.8 Å². The lowest BCUT2D eigenvalue weighted by atomic mass is 10.0. The van der Waals surface area contributed by atoms with E-state index in [2.05, 4.69) is 20.8 Å². The van der Waals surface area contributed by atoms with Crippen molar-refractivity contribution in [3.63, 3.8) is 0 Å². The summed E-state index contributed by atoms with van der Waals surface area (Å²) in [5, 5.41) is 13.6.